The minimum atomic E-state index is -4.25. The Labute approximate surface area is 286 Å². The molecule has 4 rings (SSSR count). The smallest absolute Gasteiger partial charge is 0.264 e. The number of aryl methyl sites for hydroxylation is 2. The van der Waals surface area contributed by atoms with Gasteiger partial charge in [-0.05, 0) is 82.7 Å². The van der Waals surface area contributed by atoms with Crippen molar-refractivity contribution in [3.63, 3.8) is 0 Å². The number of methoxy groups -OCH3 is 1. The summed E-state index contributed by atoms with van der Waals surface area (Å²) in [4.78, 5) is 30.1. The molecule has 0 saturated heterocycles. The number of nitrogens with zero attached hydrogens (tertiary/aromatic N) is 2. The Kier molecular flexibility index (Phi) is 12.2. The Morgan fingerprint density at radius 3 is 2.17 bits per heavy atom. The molecule has 0 radical (unpaired) electrons. The maximum atomic E-state index is 14.6. The lowest BCUT2D eigenvalue weighted by molar-refractivity contribution is -0.140. The minimum Gasteiger partial charge on any atom is -0.496 e. The number of hydrogen-bond acceptors (Lipinski definition) is 5. The Morgan fingerprint density at radius 2 is 1.55 bits per heavy atom. The van der Waals surface area contributed by atoms with Gasteiger partial charge in [-0.15, -0.1) is 0 Å². The molecule has 4 aromatic carbocycles. The van der Waals surface area contributed by atoms with Gasteiger partial charge in [0.1, 0.15) is 18.3 Å². The highest BCUT2D eigenvalue weighted by Gasteiger charge is 2.35. The van der Waals surface area contributed by atoms with Gasteiger partial charge in [0.05, 0.1) is 22.2 Å². The van der Waals surface area contributed by atoms with Gasteiger partial charge in [-0.25, -0.2) is 8.42 Å². The van der Waals surface area contributed by atoms with Gasteiger partial charge in [0.25, 0.3) is 10.0 Å². The molecule has 47 heavy (non-hydrogen) atoms. The number of sulfonamides is 1. The number of nitrogens with one attached hydrogen (secondary N) is 1. The van der Waals surface area contributed by atoms with E-state index in [1.807, 2.05) is 82.3 Å². The Hall–Kier alpha value is -4.15. The SMILES string of the molecule is COc1ccc(S(=O)(=O)N(CC(=O)N(Cc2ccccc2C)[C@@H](Cc2ccccc2)C(=O)NCC(C)C)c2ccc(C)cc2)cc1Br. The summed E-state index contributed by atoms with van der Waals surface area (Å²) in [6, 6.07) is 27.7. The van der Waals surface area contributed by atoms with E-state index in [-0.39, 0.29) is 29.7 Å². The Morgan fingerprint density at radius 1 is 0.894 bits per heavy atom. The molecule has 0 aliphatic rings. The van der Waals surface area contributed by atoms with E-state index < -0.39 is 28.5 Å². The molecule has 0 bridgehead atoms. The number of ether oxygens (including phenoxy) is 1. The van der Waals surface area contributed by atoms with Crippen LogP contribution in [0, 0.1) is 19.8 Å². The predicted molar refractivity (Wildman–Crippen MR) is 190 cm³/mol. The summed E-state index contributed by atoms with van der Waals surface area (Å²) >= 11 is 3.40. The third kappa shape index (κ3) is 9.23. The van der Waals surface area contributed by atoms with Gasteiger partial charge in [-0.1, -0.05) is 86.1 Å². The van der Waals surface area contributed by atoms with Crippen LogP contribution in [0.25, 0.3) is 0 Å². The first kappa shape index (κ1) is 35.7. The molecule has 248 valence electrons. The molecule has 8 nitrogen and oxygen atoms in total. The highest BCUT2D eigenvalue weighted by atomic mass is 79.9. The van der Waals surface area contributed by atoms with E-state index in [0.717, 1.165) is 26.6 Å². The van der Waals surface area contributed by atoms with Crippen molar-refractivity contribution in [2.24, 2.45) is 5.92 Å². The van der Waals surface area contributed by atoms with E-state index in [9.17, 15) is 18.0 Å². The second-order valence-electron chi connectivity index (χ2n) is 11.9. The summed E-state index contributed by atoms with van der Waals surface area (Å²) in [5.41, 5.74) is 3.97. The number of hydrogen-bond donors (Lipinski definition) is 1. The average molecular weight is 721 g/mol. The zero-order chi connectivity index (χ0) is 34.1. The van der Waals surface area contributed by atoms with Gasteiger partial charge in [-0.2, -0.15) is 0 Å². The van der Waals surface area contributed by atoms with Crippen LogP contribution in [0.2, 0.25) is 0 Å². The molecule has 0 aliphatic carbocycles. The Bertz CT molecular complexity index is 1780. The number of benzene rings is 4. The summed E-state index contributed by atoms with van der Waals surface area (Å²) in [6.07, 6.45) is 0.255. The van der Waals surface area contributed by atoms with Gasteiger partial charge in [0, 0.05) is 19.5 Å². The van der Waals surface area contributed by atoms with Crippen molar-refractivity contribution in [2.45, 2.75) is 51.6 Å². The molecule has 0 spiro atoms. The highest BCUT2D eigenvalue weighted by Crippen LogP contribution is 2.31. The molecular formula is C37H42BrN3O5S. The summed E-state index contributed by atoms with van der Waals surface area (Å²) < 4.78 is 35.5. The van der Waals surface area contributed by atoms with Crippen LogP contribution < -0.4 is 14.4 Å². The van der Waals surface area contributed by atoms with E-state index in [1.54, 1.807) is 30.3 Å². The van der Waals surface area contributed by atoms with E-state index in [2.05, 4.69) is 21.2 Å². The fraction of sp³-hybridized carbons (Fsp3) is 0.297. The van der Waals surface area contributed by atoms with Crippen LogP contribution in [0.3, 0.4) is 0 Å². The van der Waals surface area contributed by atoms with Crippen molar-refractivity contribution >= 4 is 43.5 Å². The number of rotatable bonds is 14. The number of amides is 2. The summed E-state index contributed by atoms with van der Waals surface area (Å²) in [6.45, 7) is 7.90. The molecule has 1 N–H and O–H groups in total. The van der Waals surface area contributed by atoms with Gasteiger partial charge in [0.2, 0.25) is 11.8 Å². The van der Waals surface area contributed by atoms with Crippen molar-refractivity contribution in [3.05, 3.63) is 124 Å². The number of anilines is 1. The third-order valence-electron chi connectivity index (χ3n) is 7.87. The van der Waals surface area contributed by atoms with E-state index in [4.69, 9.17) is 4.74 Å². The molecule has 0 aromatic heterocycles. The minimum absolute atomic E-state index is 0.0143. The maximum absolute atomic E-state index is 14.6. The average Bonchev–Trinajstić information content (AvgIpc) is 3.05. The normalized spacial score (nSPS) is 12.0. The van der Waals surface area contributed by atoms with Crippen molar-refractivity contribution in [1.29, 1.82) is 0 Å². The van der Waals surface area contributed by atoms with Crippen LogP contribution in [-0.4, -0.2) is 51.4 Å². The fourth-order valence-electron chi connectivity index (χ4n) is 5.12. The monoisotopic (exact) mass is 719 g/mol. The first-order valence-electron chi connectivity index (χ1n) is 15.5. The van der Waals surface area contributed by atoms with E-state index in [0.29, 0.717) is 22.5 Å². The number of halogens is 1. The van der Waals surface area contributed by atoms with Gasteiger partial charge >= 0.3 is 0 Å². The van der Waals surface area contributed by atoms with Crippen LogP contribution in [-0.2, 0) is 32.6 Å². The topological polar surface area (TPSA) is 96.0 Å². The summed E-state index contributed by atoms with van der Waals surface area (Å²) in [7, 11) is -2.75. The zero-order valence-electron chi connectivity index (χ0n) is 27.4. The summed E-state index contributed by atoms with van der Waals surface area (Å²) in [5.74, 6) is -0.135. The van der Waals surface area contributed by atoms with Gasteiger partial charge in [0.15, 0.2) is 0 Å². The molecule has 0 aliphatic heterocycles. The molecule has 4 aromatic rings. The van der Waals surface area contributed by atoms with Crippen molar-refractivity contribution in [3.8, 4) is 5.75 Å². The molecule has 0 saturated carbocycles. The molecule has 0 unspecified atom stereocenters. The number of carbonyl (C=O) groups excluding carboxylic acids is 2. The second kappa shape index (κ2) is 16.1. The lowest BCUT2D eigenvalue weighted by atomic mass is 10.0. The van der Waals surface area contributed by atoms with Crippen LogP contribution >= 0.6 is 15.9 Å². The van der Waals surface area contributed by atoms with Gasteiger partial charge in [-0.3, -0.25) is 13.9 Å². The first-order valence-corrected chi connectivity index (χ1v) is 17.7. The molecule has 1 atom stereocenters. The lowest BCUT2D eigenvalue weighted by Crippen LogP contribution is -2.53. The first-order chi connectivity index (χ1) is 22.4. The molecule has 0 heterocycles. The van der Waals surface area contributed by atoms with Crippen molar-refractivity contribution < 1.29 is 22.7 Å². The van der Waals surface area contributed by atoms with Crippen LogP contribution in [0.5, 0.6) is 5.75 Å². The molecule has 0 fully saturated rings. The quantitative estimate of drug-likeness (QED) is 0.157. The predicted octanol–water partition coefficient (Wildman–Crippen LogP) is 6.68. The van der Waals surface area contributed by atoms with E-state index >= 15 is 0 Å². The standard InChI is InChI=1S/C37H42BrN3O5S/c1-26(2)23-39-37(43)34(21-29-12-7-6-8-13-29)40(24-30-14-10-9-11-28(30)4)36(42)25-41(31-17-15-27(3)16-18-31)47(44,45)32-19-20-35(46-5)33(38)22-32/h6-20,22,26,34H,21,23-25H2,1-5H3,(H,39,43)/t34-/m0/s1. The third-order valence-corrected chi connectivity index (χ3v) is 10.3. The van der Waals surface area contributed by atoms with Crippen molar-refractivity contribution in [1.82, 2.24) is 10.2 Å². The van der Waals surface area contributed by atoms with Crippen LogP contribution in [0.4, 0.5) is 5.69 Å². The van der Waals surface area contributed by atoms with E-state index in [1.165, 1.54) is 24.1 Å². The van der Waals surface area contributed by atoms with Crippen molar-refractivity contribution in [2.75, 3.05) is 24.5 Å². The molecular weight excluding hydrogens is 678 g/mol. The van der Waals surface area contributed by atoms with Gasteiger partial charge < -0.3 is 15.0 Å². The summed E-state index contributed by atoms with van der Waals surface area (Å²) in [5, 5.41) is 3.02. The highest BCUT2D eigenvalue weighted by molar-refractivity contribution is 9.10. The number of carbonyl (C=O) groups is 2. The lowest BCUT2D eigenvalue weighted by Gasteiger charge is -2.34. The Balaban J connectivity index is 1.82. The van der Waals surface area contributed by atoms with Crippen LogP contribution in [0.1, 0.15) is 36.1 Å². The maximum Gasteiger partial charge on any atom is 0.264 e. The largest absolute Gasteiger partial charge is 0.496 e. The molecule has 10 heteroatoms. The van der Waals surface area contributed by atoms with Crippen LogP contribution in [0.15, 0.2) is 106 Å². The second-order valence-corrected chi connectivity index (χ2v) is 14.7. The molecule has 2 amide bonds. The fourth-order valence-corrected chi connectivity index (χ4v) is 7.26. The zero-order valence-corrected chi connectivity index (χ0v) is 29.8.